The van der Waals surface area contributed by atoms with Crippen LogP contribution in [0.1, 0.15) is 32.6 Å². The zero-order valence-electron chi connectivity index (χ0n) is 16.2. The summed E-state index contributed by atoms with van der Waals surface area (Å²) >= 11 is 0. The van der Waals surface area contributed by atoms with Crippen molar-refractivity contribution in [1.82, 2.24) is 4.98 Å². The van der Waals surface area contributed by atoms with E-state index in [9.17, 15) is 5.11 Å². The topological polar surface area (TPSA) is 42.4 Å². The average Bonchev–Trinajstić information content (AvgIpc) is 2.69. The quantitative estimate of drug-likeness (QED) is 0.666. The Balaban J connectivity index is 2.04. The lowest BCUT2D eigenvalue weighted by atomic mass is 10.2. The summed E-state index contributed by atoms with van der Waals surface area (Å²) in [6, 6.07) is 26.5. The van der Waals surface area contributed by atoms with Gasteiger partial charge in [-0.1, -0.05) is 87.5 Å². The van der Waals surface area contributed by atoms with Gasteiger partial charge in [-0.05, 0) is 27.5 Å². The second-order valence-corrected chi connectivity index (χ2v) is 12.1. The molecule has 2 aromatic carbocycles. The van der Waals surface area contributed by atoms with Crippen LogP contribution < -0.4 is 10.4 Å². The molecule has 0 saturated heterocycles. The number of aliphatic hydroxyl groups excluding tert-OH is 1. The van der Waals surface area contributed by atoms with Crippen LogP contribution in [-0.4, -0.2) is 25.0 Å². The Morgan fingerprint density at radius 3 is 1.81 bits per heavy atom. The van der Waals surface area contributed by atoms with Gasteiger partial charge in [-0.25, -0.2) is 0 Å². The lowest BCUT2D eigenvalue weighted by Gasteiger charge is -2.43. The number of aliphatic hydroxyl groups is 1. The van der Waals surface area contributed by atoms with Gasteiger partial charge in [0.05, 0.1) is 12.3 Å². The molecule has 140 valence electrons. The molecule has 3 nitrogen and oxygen atoms in total. The maximum atomic E-state index is 10.7. The number of nitrogens with zero attached hydrogens (tertiary/aromatic N) is 1. The van der Waals surface area contributed by atoms with Gasteiger partial charge < -0.3 is 9.53 Å². The molecule has 0 radical (unpaired) electrons. The van der Waals surface area contributed by atoms with Crippen molar-refractivity contribution in [2.75, 3.05) is 6.61 Å². The van der Waals surface area contributed by atoms with Gasteiger partial charge in [0.1, 0.15) is 6.10 Å². The van der Waals surface area contributed by atoms with Crippen molar-refractivity contribution in [2.45, 2.75) is 31.9 Å². The molecule has 1 N–H and O–H groups in total. The number of aromatic nitrogens is 1. The molecule has 0 amide bonds. The van der Waals surface area contributed by atoms with Crippen LogP contribution in [-0.2, 0) is 4.43 Å². The van der Waals surface area contributed by atoms with Crippen LogP contribution in [0, 0.1) is 0 Å². The Morgan fingerprint density at radius 1 is 0.852 bits per heavy atom. The van der Waals surface area contributed by atoms with Gasteiger partial charge in [0.2, 0.25) is 0 Å². The van der Waals surface area contributed by atoms with Gasteiger partial charge >= 0.3 is 0 Å². The van der Waals surface area contributed by atoms with Crippen LogP contribution >= 0.6 is 0 Å². The molecule has 0 bridgehead atoms. The standard InChI is InChI=1S/C23H27NO2Si/c1-23(2,3)27(19-12-6-4-7-13-19,20-14-8-5-9-15-20)26-18-22(25)21-16-10-11-17-24-21/h4-17,22,25H,18H2,1-3H3/t22-/m1/s1. The van der Waals surface area contributed by atoms with Gasteiger partial charge in [-0.15, -0.1) is 0 Å². The summed E-state index contributed by atoms with van der Waals surface area (Å²) in [6.07, 6.45) is 0.939. The molecule has 3 rings (SSSR count). The Morgan fingerprint density at radius 2 is 1.37 bits per heavy atom. The fourth-order valence-corrected chi connectivity index (χ4v) is 8.19. The molecule has 0 aliphatic heterocycles. The molecule has 1 aromatic heterocycles. The molecule has 1 atom stereocenters. The molecule has 27 heavy (non-hydrogen) atoms. The molecular weight excluding hydrogens is 350 g/mol. The van der Waals surface area contributed by atoms with E-state index in [1.165, 1.54) is 10.4 Å². The van der Waals surface area contributed by atoms with Crippen molar-refractivity contribution in [1.29, 1.82) is 0 Å². The van der Waals surface area contributed by atoms with E-state index < -0.39 is 14.4 Å². The van der Waals surface area contributed by atoms with E-state index in [2.05, 4.69) is 74.3 Å². The molecule has 1 heterocycles. The van der Waals surface area contributed by atoms with E-state index in [1.54, 1.807) is 6.20 Å². The van der Waals surface area contributed by atoms with Crippen molar-refractivity contribution in [3.05, 3.63) is 90.8 Å². The fraction of sp³-hybridized carbons (Fsp3) is 0.261. The van der Waals surface area contributed by atoms with Gasteiger partial charge in [0.15, 0.2) is 0 Å². The van der Waals surface area contributed by atoms with Gasteiger partial charge in [0.25, 0.3) is 8.32 Å². The number of benzene rings is 2. The first kappa shape index (κ1) is 19.5. The van der Waals surface area contributed by atoms with E-state index in [0.29, 0.717) is 5.69 Å². The summed E-state index contributed by atoms with van der Waals surface area (Å²) in [5.74, 6) is 0. The Labute approximate surface area is 162 Å². The number of rotatable bonds is 6. The summed E-state index contributed by atoms with van der Waals surface area (Å²) in [5.41, 5.74) is 0.635. The molecular formula is C23H27NO2Si. The van der Waals surface area contributed by atoms with Crippen LogP contribution in [0.4, 0.5) is 0 Å². The lowest BCUT2D eigenvalue weighted by Crippen LogP contribution is -2.66. The maximum absolute atomic E-state index is 10.7. The summed E-state index contributed by atoms with van der Waals surface area (Å²) < 4.78 is 6.73. The average molecular weight is 378 g/mol. The first-order valence-corrected chi connectivity index (χ1v) is 11.2. The molecule has 0 aliphatic carbocycles. The highest BCUT2D eigenvalue weighted by atomic mass is 28.4. The third kappa shape index (κ3) is 4.03. The van der Waals surface area contributed by atoms with E-state index in [0.717, 1.165) is 0 Å². The zero-order chi connectivity index (χ0) is 19.3. The molecule has 4 heteroatoms. The lowest BCUT2D eigenvalue weighted by molar-refractivity contribution is 0.0993. The van der Waals surface area contributed by atoms with Gasteiger partial charge in [-0.2, -0.15) is 0 Å². The first-order valence-electron chi connectivity index (χ1n) is 9.29. The molecule has 0 unspecified atom stereocenters. The minimum atomic E-state index is -2.63. The summed E-state index contributed by atoms with van der Waals surface area (Å²) in [6.45, 7) is 6.90. The van der Waals surface area contributed by atoms with E-state index in [4.69, 9.17) is 4.43 Å². The second kappa shape index (κ2) is 8.17. The summed E-state index contributed by atoms with van der Waals surface area (Å²) in [7, 11) is -2.63. The number of pyridine rings is 1. The minimum absolute atomic E-state index is 0.112. The van der Waals surface area contributed by atoms with Crippen LogP contribution in [0.5, 0.6) is 0 Å². The Hall–Kier alpha value is -2.27. The van der Waals surface area contributed by atoms with Gasteiger partial charge in [-0.3, -0.25) is 4.98 Å². The van der Waals surface area contributed by atoms with Crippen molar-refractivity contribution in [3.8, 4) is 0 Å². The smallest absolute Gasteiger partial charge is 0.261 e. The van der Waals surface area contributed by atoms with Crippen LogP contribution in [0.25, 0.3) is 0 Å². The zero-order valence-corrected chi connectivity index (χ0v) is 17.2. The molecule has 0 saturated carbocycles. The Kier molecular flexibility index (Phi) is 5.90. The van der Waals surface area contributed by atoms with E-state index in [1.807, 2.05) is 30.3 Å². The van der Waals surface area contributed by atoms with Gasteiger partial charge in [0, 0.05) is 6.20 Å². The molecule has 0 spiro atoms. The van der Waals surface area contributed by atoms with Crippen molar-refractivity contribution >= 4 is 18.7 Å². The third-order valence-corrected chi connectivity index (χ3v) is 9.91. The SMILES string of the molecule is CC(C)(C)[Si](OC[C@@H](O)c1ccccn1)(c1ccccc1)c1ccccc1. The van der Waals surface area contributed by atoms with Crippen LogP contribution in [0.15, 0.2) is 85.1 Å². The van der Waals surface area contributed by atoms with Crippen molar-refractivity contribution in [2.24, 2.45) is 0 Å². The van der Waals surface area contributed by atoms with E-state index in [-0.39, 0.29) is 11.6 Å². The normalized spacial score (nSPS) is 13.3. The predicted octanol–water partition coefficient (Wildman–Crippen LogP) is 3.69. The summed E-state index contributed by atoms with van der Waals surface area (Å²) in [5, 5.41) is 13.0. The molecule has 3 aromatic rings. The van der Waals surface area contributed by atoms with Crippen LogP contribution in [0.3, 0.4) is 0 Å². The maximum Gasteiger partial charge on any atom is 0.261 e. The van der Waals surface area contributed by atoms with Crippen LogP contribution in [0.2, 0.25) is 5.04 Å². The predicted molar refractivity (Wildman–Crippen MR) is 113 cm³/mol. The monoisotopic (exact) mass is 377 g/mol. The highest BCUT2D eigenvalue weighted by molar-refractivity contribution is 6.99. The number of hydrogen-bond donors (Lipinski definition) is 1. The van der Waals surface area contributed by atoms with Crippen molar-refractivity contribution < 1.29 is 9.53 Å². The number of hydrogen-bond acceptors (Lipinski definition) is 3. The molecule has 0 fully saturated rings. The first-order chi connectivity index (χ1) is 12.9. The molecule has 0 aliphatic rings. The van der Waals surface area contributed by atoms with Crippen molar-refractivity contribution in [3.63, 3.8) is 0 Å². The third-order valence-electron chi connectivity index (χ3n) is 4.90. The second-order valence-electron chi connectivity index (χ2n) is 7.74. The summed E-state index contributed by atoms with van der Waals surface area (Å²) in [4.78, 5) is 4.27. The Bertz CT molecular complexity index is 793. The highest BCUT2D eigenvalue weighted by Gasteiger charge is 2.50. The fourth-order valence-electron chi connectivity index (χ4n) is 3.62. The van der Waals surface area contributed by atoms with E-state index >= 15 is 0 Å². The largest absolute Gasteiger partial charge is 0.404 e. The minimum Gasteiger partial charge on any atom is -0.404 e. The highest BCUT2D eigenvalue weighted by Crippen LogP contribution is 2.37.